The van der Waals surface area contributed by atoms with Crippen LogP contribution in [0.4, 0.5) is 0 Å². The van der Waals surface area contributed by atoms with E-state index in [1.54, 1.807) is 0 Å². The van der Waals surface area contributed by atoms with E-state index >= 15 is 0 Å². The average molecular weight is 202 g/mol. The Labute approximate surface area is 86.5 Å². The number of carbonyl (C=O) groups is 1. The molecule has 1 unspecified atom stereocenters. The molecular formula is C11H22O3. The predicted molar refractivity (Wildman–Crippen MR) is 56.3 cm³/mol. The van der Waals surface area contributed by atoms with Crippen LogP contribution in [0.5, 0.6) is 0 Å². The first-order valence-electron chi connectivity index (χ1n) is 5.48. The summed E-state index contributed by atoms with van der Waals surface area (Å²) in [6, 6.07) is 0. The number of ketones is 1. The Hall–Kier alpha value is -0.410. The van der Waals surface area contributed by atoms with Crippen molar-refractivity contribution in [3.63, 3.8) is 0 Å². The number of hydrogen-bond acceptors (Lipinski definition) is 3. The zero-order chi connectivity index (χ0) is 10.8. The summed E-state index contributed by atoms with van der Waals surface area (Å²) >= 11 is 0. The zero-order valence-corrected chi connectivity index (χ0v) is 9.29. The molecule has 0 aromatic rings. The minimum Gasteiger partial charge on any atom is -0.391 e. The molecule has 3 heteroatoms. The van der Waals surface area contributed by atoms with Gasteiger partial charge in [-0.3, -0.25) is 4.79 Å². The molecule has 0 spiro atoms. The molecule has 0 aromatic heterocycles. The number of ether oxygens (including phenoxy) is 1. The second-order valence-corrected chi connectivity index (χ2v) is 3.51. The van der Waals surface area contributed by atoms with Crippen molar-refractivity contribution in [2.45, 2.75) is 52.1 Å². The van der Waals surface area contributed by atoms with E-state index in [-0.39, 0.29) is 5.78 Å². The molecular weight excluding hydrogens is 180 g/mol. The smallest absolute Gasteiger partial charge is 0.132 e. The van der Waals surface area contributed by atoms with Crippen molar-refractivity contribution in [3.8, 4) is 0 Å². The van der Waals surface area contributed by atoms with Gasteiger partial charge in [0.15, 0.2) is 0 Å². The van der Waals surface area contributed by atoms with E-state index in [1.165, 1.54) is 0 Å². The lowest BCUT2D eigenvalue weighted by atomic mass is 10.1. The van der Waals surface area contributed by atoms with Crippen LogP contribution in [-0.4, -0.2) is 30.2 Å². The summed E-state index contributed by atoms with van der Waals surface area (Å²) in [6.45, 7) is 5.00. The van der Waals surface area contributed by atoms with Gasteiger partial charge in [0.1, 0.15) is 5.78 Å². The first-order valence-corrected chi connectivity index (χ1v) is 5.48. The van der Waals surface area contributed by atoms with Gasteiger partial charge in [-0.15, -0.1) is 0 Å². The summed E-state index contributed by atoms with van der Waals surface area (Å²) in [5, 5.41) is 9.42. The van der Waals surface area contributed by atoms with Crippen molar-refractivity contribution in [1.82, 2.24) is 0 Å². The second-order valence-electron chi connectivity index (χ2n) is 3.51. The summed E-state index contributed by atoms with van der Waals surface area (Å²) in [7, 11) is 0. The highest BCUT2D eigenvalue weighted by Crippen LogP contribution is 2.01. The molecule has 0 aliphatic rings. The highest BCUT2D eigenvalue weighted by Gasteiger charge is 2.06. The van der Waals surface area contributed by atoms with Gasteiger partial charge in [0.25, 0.3) is 0 Å². The molecule has 1 N–H and O–H groups in total. The molecule has 0 aliphatic carbocycles. The van der Waals surface area contributed by atoms with Gasteiger partial charge in [0.05, 0.1) is 12.7 Å². The molecule has 0 rings (SSSR count). The van der Waals surface area contributed by atoms with E-state index < -0.39 is 6.10 Å². The molecule has 0 aliphatic heterocycles. The van der Waals surface area contributed by atoms with Gasteiger partial charge in [0.2, 0.25) is 0 Å². The Morgan fingerprint density at radius 2 is 2.14 bits per heavy atom. The highest BCUT2D eigenvalue weighted by molar-refractivity contribution is 5.77. The maximum absolute atomic E-state index is 10.9. The van der Waals surface area contributed by atoms with E-state index in [9.17, 15) is 9.90 Å². The molecule has 0 heterocycles. The van der Waals surface area contributed by atoms with Crippen molar-refractivity contribution in [1.29, 1.82) is 0 Å². The van der Waals surface area contributed by atoms with E-state index in [4.69, 9.17) is 4.74 Å². The maximum Gasteiger partial charge on any atom is 0.132 e. The lowest BCUT2D eigenvalue weighted by Crippen LogP contribution is -2.17. The lowest BCUT2D eigenvalue weighted by Gasteiger charge is -2.09. The maximum atomic E-state index is 10.9. The van der Waals surface area contributed by atoms with Crippen molar-refractivity contribution >= 4 is 5.78 Å². The summed E-state index contributed by atoms with van der Waals surface area (Å²) in [4.78, 5) is 10.9. The summed E-state index contributed by atoms with van der Waals surface area (Å²) < 4.78 is 5.24. The Morgan fingerprint density at radius 1 is 1.43 bits per heavy atom. The molecule has 3 nitrogen and oxygen atoms in total. The van der Waals surface area contributed by atoms with Gasteiger partial charge >= 0.3 is 0 Å². The SMILES string of the molecule is CCCCOCC(O)CCC(=O)CC. The van der Waals surface area contributed by atoms with E-state index in [0.29, 0.717) is 32.5 Å². The predicted octanol–water partition coefficient (Wildman–Crippen LogP) is 1.92. The largest absolute Gasteiger partial charge is 0.391 e. The van der Waals surface area contributed by atoms with Crippen LogP contribution >= 0.6 is 0 Å². The Morgan fingerprint density at radius 3 is 2.71 bits per heavy atom. The van der Waals surface area contributed by atoms with Crippen LogP contribution in [0.1, 0.15) is 46.0 Å². The van der Waals surface area contributed by atoms with Gasteiger partial charge in [-0.2, -0.15) is 0 Å². The number of rotatable bonds is 9. The van der Waals surface area contributed by atoms with Crippen LogP contribution in [0, 0.1) is 0 Å². The number of carbonyl (C=O) groups excluding carboxylic acids is 1. The van der Waals surface area contributed by atoms with E-state index in [2.05, 4.69) is 6.92 Å². The molecule has 0 bridgehead atoms. The quantitative estimate of drug-likeness (QED) is 0.581. The molecule has 0 aromatic carbocycles. The van der Waals surface area contributed by atoms with Crippen molar-refractivity contribution in [3.05, 3.63) is 0 Å². The fraction of sp³-hybridized carbons (Fsp3) is 0.909. The molecule has 14 heavy (non-hydrogen) atoms. The third kappa shape index (κ3) is 8.20. The number of aliphatic hydroxyl groups is 1. The standard InChI is InChI=1S/C11H22O3/c1-3-5-8-14-9-11(13)7-6-10(12)4-2/h11,13H,3-9H2,1-2H3. The monoisotopic (exact) mass is 202 g/mol. The molecule has 0 radical (unpaired) electrons. The van der Waals surface area contributed by atoms with Crippen LogP contribution in [0.2, 0.25) is 0 Å². The molecule has 84 valence electrons. The molecule has 0 amide bonds. The van der Waals surface area contributed by atoms with Gasteiger partial charge in [-0.1, -0.05) is 20.3 Å². The first kappa shape index (κ1) is 13.6. The molecule has 1 atom stereocenters. The van der Waals surface area contributed by atoms with Gasteiger partial charge in [-0.05, 0) is 12.8 Å². The summed E-state index contributed by atoms with van der Waals surface area (Å²) in [6.07, 6.45) is 3.20. The third-order valence-corrected chi connectivity index (χ3v) is 2.10. The first-order chi connectivity index (χ1) is 6.70. The van der Waals surface area contributed by atoms with E-state index in [0.717, 1.165) is 12.8 Å². The van der Waals surface area contributed by atoms with Gasteiger partial charge < -0.3 is 9.84 Å². The van der Waals surface area contributed by atoms with Crippen LogP contribution in [-0.2, 0) is 9.53 Å². The number of aliphatic hydroxyl groups excluding tert-OH is 1. The van der Waals surface area contributed by atoms with Crippen molar-refractivity contribution < 1.29 is 14.6 Å². The fourth-order valence-corrected chi connectivity index (χ4v) is 1.05. The number of hydrogen-bond donors (Lipinski definition) is 1. The molecule has 0 saturated heterocycles. The Kier molecular flexibility index (Phi) is 8.89. The minimum absolute atomic E-state index is 0.206. The third-order valence-electron chi connectivity index (χ3n) is 2.10. The normalized spacial score (nSPS) is 12.8. The van der Waals surface area contributed by atoms with Gasteiger partial charge in [-0.25, -0.2) is 0 Å². The average Bonchev–Trinajstić information content (AvgIpc) is 2.21. The molecule has 0 saturated carbocycles. The van der Waals surface area contributed by atoms with Crippen molar-refractivity contribution in [2.75, 3.05) is 13.2 Å². The fourth-order valence-electron chi connectivity index (χ4n) is 1.05. The second kappa shape index (κ2) is 9.16. The number of Topliss-reactive ketones (excluding diaryl/α,β-unsaturated/α-hetero) is 1. The Balaban J connectivity index is 3.27. The molecule has 0 fully saturated rings. The van der Waals surface area contributed by atoms with E-state index in [1.807, 2.05) is 6.92 Å². The highest BCUT2D eigenvalue weighted by atomic mass is 16.5. The Bertz CT molecular complexity index is 145. The number of unbranched alkanes of at least 4 members (excludes halogenated alkanes) is 1. The zero-order valence-electron chi connectivity index (χ0n) is 9.29. The van der Waals surface area contributed by atoms with Crippen LogP contribution in [0.3, 0.4) is 0 Å². The van der Waals surface area contributed by atoms with Crippen molar-refractivity contribution in [2.24, 2.45) is 0 Å². The lowest BCUT2D eigenvalue weighted by molar-refractivity contribution is -0.119. The minimum atomic E-state index is -0.484. The van der Waals surface area contributed by atoms with Crippen LogP contribution < -0.4 is 0 Å². The van der Waals surface area contributed by atoms with Gasteiger partial charge in [0, 0.05) is 19.4 Å². The summed E-state index contributed by atoms with van der Waals surface area (Å²) in [5.74, 6) is 0.206. The van der Waals surface area contributed by atoms with Crippen LogP contribution in [0.25, 0.3) is 0 Å². The summed E-state index contributed by atoms with van der Waals surface area (Å²) in [5.41, 5.74) is 0. The van der Waals surface area contributed by atoms with Crippen LogP contribution in [0.15, 0.2) is 0 Å². The topological polar surface area (TPSA) is 46.5 Å².